The third-order valence-electron chi connectivity index (χ3n) is 6.87. The van der Waals surface area contributed by atoms with Crippen molar-refractivity contribution < 1.29 is 26.4 Å². The Morgan fingerprint density at radius 3 is 2.49 bits per heavy atom. The van der Waals surface area contributed by atoms with Crippen molar-refractivity contribution >= 4 is 26.8 Å². The molecule has 3 aromatic rings. The van der Waals surface area contributed by atoms with Crippen LogP contribution in [-0.2, 0) is 21.2 Å². The van der Waals surface area contributed by atoms with Crippen LogP contribution in [0.15, 0.2) is 54.9 Å². The number of alkyl halides is 3. The fourth-order valence-corrected chi connectivity index (χ4v) is 6.53. The minimum absolute atomic E-state index is 0.0803. The van der Waals surface area contributed by atoms with Crippen LogP contribution in [-0.4, -0.2) is 41.8 Å². The molecule has 1 aliphatic rings. The number of halogens is 3. The SMILES string of the molecule is CC(Cc1c[nH]c2ccccc12)(NS(=O)(=O)CC(F)(F)F)C(=O)NC(c1ccccn1)C1CCCCC1. The molecule has 37 heavy (non-hydrogen) atoms. The van der Waals surface area contributed by atoms with E-state index in [2.05, 4.69) is 20.0 Å². The molecule has 7 nitrogen and oxygen atoms in total. The molecule has 1 aromatic carbocycles. The molecule has 2 atom stereocenters. The largest absolute Gasteiger partial charge is 0.404 e. The highest BCUT2D eigenvalue weighted by atomic mass is 32.2. The van der Waals surface area contributed by atoms with Gasteiger partial charge in [-0.3, -0.25) is 9.78 Å². The predicted molar refractivity (Wildman–Crippen MR) is 135 cm³/mol. The molecule has 1 amide bonds. The van der Waals surface area contributed by atoms with Crippen LogP contribution in [0, 0.1) is 5.92 Å². The first kappa shape index (κ1) is 27.1. The van der Waals surface area contributed by atoms with E-state index in [1.54, 1.807) is 30.6 Å². The van der Waals surface area contributed by atoms with Crippen LogP contribution >= 0.6 is 0 Å². The van der Waals surface area contributed by atoms with E-state index in [1.807, 2.05) is 24.3 Å². The van der Waals surface area contributed by atoms with Crippen LogP contribution in [0.3, 0.4) is 0 Å². The number of para-hydroxylation sites is 1. The molecule has 3 N–H and O–H groups in total. The van der Waals surface area contributed by atoms with Gasteiger partial charge in [0.05, 0.1) is 11.7 Å². The maximum absolute atomic E-state index is 13.8. The molecule has 0 aliphatic heterocycles. The number of benzene rings is 1. The molecule has 1 fully saturated rings. The van der Waals surface area contributed by atoms with Crippen LogP contribution in [0.2, 0.25) is 0 Å². The summed E-state index contributed by atoms with van der Waals surface area (Å²) in [6, 6.07) is 12.1. The zero-order valence-electron chi connectivity index (χ0n) is 20.5. The van der Waals surface area contributed by atoms with E-state index in [0.29, 0.717) is 11.3 Å². The van der Waals surface area contributed by atoms with Crippen LogP contribution in [0.25, 0.3) is 10.9 Å². The molecule has 2 unspecified atom stereocenters. The normalized spacial score (nSPS) is 17.8. The van der Waals surface area contributed by atoms with Gasteiger partial charge in [0.15, 0.2) is 5.75 Å². The van der Waals surface area contributed by atoms with Gasteiger partial charge in [-0.1, -0.05) is 43.5 Å². The van der Waals surface area contributed by atoms with E-state index < -0.39 is 39.4 Å². The van der Waals surface area contributed by atoms with E-state index in [0.717, 1.165) is 43.0 Å². The lowest BCUT2D eigenvalue weighted by Crippen LogP contribution is -2.60. The number of sulfonamides is 1. The number of carbonyl (C=O) groups excluding carboxylic acids is 1. The zero-order valence-corrected chi connectivity index (χ0v) is 21.3. The van der Waals surface area contributed by atoms with E-state index in [-0.39, 0.29) is 12.3 Å². The minimum atomic E-state index is -4.96. The van der Waals surface area contributed by atoms with Crippen molar-refractivity contribution in [3.05, 3.63) is 66.1 Å². The van der Waals surface area contributed by atoms with Crippen molar-refractivity contribution in [1.82, 2.24) is 20.0 Å². The molecule has 4 rings (SSSR count). The summed E-state index contributed by atoms with van der Waals surface area (Å²) in [7, 11) is -4.89. The average Bonchev–Trinajstić information content (AvgIpc) is 3.24. The summed E-state index contributed by atoms with van der Waals surface area (Å²) in [6.45, 7) is 1.33. The van der Waals surface area contributed by atoms with E-state index in [9.17, 15) is 26.4 Å². The fraction of sp³-hybridized carbons (Fsp3) is 0.462. The van der Waals surface area contributed by atoms with Crippen molar-refractivity contribution in [3.8, 4) is 0 Å². The van der Waals surface area contributed by atoms with Gasteiger partial charge in [-0.25, -0.2) is 8.42 Å². The second-order valence-electron chi connectivity index (χ2n) is 9.95. The first-order valence-corrected chi connectivity index (χ1v) is 14.0. The van der Waals surface area contributed by atoms with Crippen LogP contribution in [0.1, 0.15) is 56.3 Å². The fourth-order valence-electron chi connectivity index (χ4n) is 5.18. The molecule has 1 saturated carbocycles. The molecule has 0 saturated heterocycles. The Balaban J connectivity index is 1.69. The number of pyridine rings is 1. The number of nitrogens with one attached hydrogen (secondary N) is 3. The number of aromatic nitrogens is 2. The molecule has 11 heteroatoms. The van der Waals surface area contributed by atoms with Gasteiger partial charge in [-0.05, 0) is 49.4 Å². The molecular weight excluding hydrogens is 505 g/mol. The topological polar surface area (TPSA) is 104 Å². The van der Waals surface area contributed by atoms with Crippen molar-refractivity contribution in [1.29, 1.82) is 0 Å². The van der Waals surface area contributed by atoms with E-state index in [1.165, 1.54) is 6.92 Å². The summed E-state index contributed by atoms with van der Waals surface area (Å²) in [5.41, 5.74) is 0.119. The molecule has 200 valence electrons. The molecule has 2 aromatic heterocycles. The smallest absolute Gasteiger partial charge is 0.361 e. The first-order chi connectivity index (χ1) is 17.5. The third kappa shape index (κ3) is 6.89. The van der Waals surface area contributed by atoms with Crippen LogP contribution < -0.4 is 10.0 Å². The van der Waals surface area contributed by atoms with Crippen LogP contribution in [0.5, 0.6) is 0 Å². The van der Waals surface area contributed by atoms with Crippen LogP contribution in [0.4, 0.5) is 13.2 Å². The Kier molecular flexibility index (Phi) is 7.94. The third-order valence-corrected chi connectivity index (χ3v) is 8.34. The highest BCUT2D eigenvalue weighted by Crippen LogP contribution is 2.34. The quantitative estimate of drug-likeness (QED) is 0.366. The second-order valence-corrected chi connectivity index (χ2v) is 11.7. The van der Waals surface area contributed by atoms with Gasteiger partial charge in [0.2, 0.25) is 15.9 Å². The minimum Gasteiger partial charge on any atom is -0.361 e. The van der Waals surface area contributed by atoms with Gasteiger partial charge in [-0.15, -0.1) is 0 Å². The Labute approximate surface area is 214 Å². The Bertz CT molecular complexity index is 1320. The average molecular weight is 537 g/mol. The number of rotatable bonds is 9. The number of hydrogen-bond acceptors (Lipinski definition) is 4. The monoisotopic (exact) mass is 536 g/mol. The molecule has 0 spiro atoms. The molecule has 0 radical (unpaired) electrons. The summed E-state index contributed by atoms with van der Waals surface area (Å²) >= 11 is 0. The Hall–Kier alpha value is -2.92. The lowest BCUT2D eigenvalue weighted by molar-refractivity contribution is -0.128. The summed E-state index contributed by atoms with van der Waals surface area (Å²) < 4.78 is 66.4. The predicted octanol–water partition coefficient (Wildman–Crippen LogP) is 4.78. The van der Waals surface area contributed by atoms with Gasteiger partial charge in [0.1, 0.15) is 5.54 Å². The standard InChI is InChI=1S/C26H31F3N4O3S/c1-25(33-37(35,36)17-26(27,28)29,15-19-16-31-21-12-6-5-11-20(19)21)24(34)32-23(18-9-3-2-4-10-18)22-13-7-8-14-30-22/h5-8,11-14,16,18,23,31,33H,2-4,9-10,15,17H2,1H3,(H,32,34). The summed E-state index contributed by atoms with van der Waals surface area (Å²) in [4.78, 5) is 21.3. The van der Waals surface area contributed by atoms with Gasteiger partial charge < -0.3 is 10.3 Å². The number of hydrogen-bond donors (Lipinski definition) is 3. The van der Waals surface area contributed by atoms with Gasteiger partial charge >= 0.3 is 6.18 Å². The first-order valence-electron chi connectivity index (χ1n) is 12.3. The van der Waals surface area contributed by atoms with E-state index in [4.69, 9.17) is 0 Å². The zero-order chi connectivity index (χ0) is 26.7. The number of H-pyrrole nitrogens is 1. The van der Waals surface area contributed by atoms with Gasteiger partial charge in [0, 0.05) is 29.7 Å². The maximum Gasteiger partial charge on any atom is 0.404 e. The molecule has 0 bridgehead atoms. The van der Waals surface area contributed by atoms with Crippen molar-refractivity contribution in [2.45, 2.75) is 63.2 Å². The lowest BCUT2D eigenvalue weighted by Gasteiger charge is -2.35. The summed E-state index contributed by atoms with van der Waals surface area (Å²) in [6.07, 6.45) is 2.96. The Morgan fingerprint density at radius 2 is 1.81 bits per heavy atom. The van der Waals surface area contributed by atoms with Gasteiger partial charge in [-0.2, -0.15) is 17.9 Å². The lowest BCUT2D eigenvalue weighted by atomic mass is 9.82. The van der Waals surface area contributed by atoms with Crippen molar-refractivity contribution in [3.63, 3.8) is 0 Å². The van der Waals surface area contributed by atoms with E-state index >= 15 is 0 Å². The Morgan fingerprint density at radius 1 is 1.11 bits per heavy atom. The number of nitrogens with zero attached hydrogens (tertiary/aromatic N) is 1. The number of carbonyl (C=O) groups is 1. The maximum atomic E-state index is 13.8. The molecule has 2 heterocycles. The number of amides is 1. The summed E-state index contributed by atoms with van der Waals surface area (Å²) in [5, 5.41) is 3.72. The number of fused-ring (bicyclic) bond motifs is 1. The summed E-state index contributed by atoms with van der Waals surface area (Å²) in [5.74, 6) is -2.70. The van der Waals surface area contributed by atoms with Crippen molar-refractivity contribution in [2.24, 2.45) is 5.92 Å². The second kappa shape index (κ2) is 10.8. The highest BCUT2D eigenvalue weighted by Gasteiger charge is 2.44. The van der Waals surface area contributed by atoms with Crippen molar-refractivity contribution in [2.75, 3.05) is 5.75 Å². The molecule has 1 aliphatic carbocycles. The number of aromatic amines is 1. The highest BCUT2D eigenvalue weighted by molar-refractivity contribution is 7.89. The van der Waals surface area contributed by atoms with Gasteiger partial charge in [0.25, 0.3) is 0 Å². The molecular formula is C26H31F3N4O3S.